The Kier molecular flexibility index (Phi) is 2.91. The summed E-state index contributed by atoms with van der Waals surface area (Å²) in [5.41, 5.74) is 0.999. The second-order valence-corrected chi connectivity index (χ2v) is 3.39. The first-order valence-corrected chi connectivity index (χ1v) is 4.86. The number of phenols is 1. The largest absolute Gasteiger partial charge is 0.508 e. The maximum absolute atomic E-state index is 10.8. The molecule has 0 bridgehead atoms. The number of nitro benzene ring substituents is 1. The third kappa shape index (κ3) is 2.51. The van der Waals surface area contributed by atoms with Gasteiger partial charge in [0.05, 0.1) is 23.2 Å². The normalized spacial score (nSPS) is 10.1. The number of aromatic nitrogens is 2. The minimum Gasteiger partial charge on any atom is -0.508 e. The number of phenolic OH excluding ortho intramolecular Hbond substituents is 1. The summed E-state index contributed by atoms with van der Waals surface area (Å²) in [4.78, 5) is 10.2. The number of nitrogens with one attached hydrogen (secondary N) is 2. The van der Waals surface area contributed by atoms with E-state index in [-0.39, 0.29) is 11.4 Å². The van der Waals surface area contributed by atoms with E-state index in [0.29, 0.717) is 12.2 Å². The van der Waals surface area contributed by atoms with Crippen molar-refractivity contribution in [1.82, 2.24) is 10.2 Å². The Balaban J connectivity index is 2.17. The maximum atomic E-state index is 10.8. The lowest BCUT2D eigenvalue weighted by Crippen LogP contribution is -2.02. The number of hydrogen-bond acceptors (Lipinski definition) is 5. The molecule has 17 heavy (non-hydrogen) atoms. The van der Waals surface area contributed by atoms with Crippen LogP contribution in [0, 0.1) is 10.1 Å². The molecule has 3 N–H and O–H groups in total. The van der Waals surface area contributed by atoms with Crippen LogP contribution >= 0.6 is 0 Å². The summed E-state index contributed by atoms with van der Waals surface area (Å²) in [7, 11) is 0. The molecule has 0 aliphatic carbocycles. The lowest BCUT2D eigenvalue weighted by molar-refractivity contribution is -0.384. The molecule has 0 saturated carbocycles. The third-order valence-electron chi connectivity index (χ3n) is 2.21. The Labute approximate surface area is 96.2 Å². The van der Waals surface area contributed by atoms with E-state index in [9.17, 15) is 15.2 Å². The van der Waals surface area contributed by atoms with Crippen LogP contribution in [0.5, 0.6) is 5.75 Å². The van der Waals surface area contributed by atoms with Crippen LogP contribution in [0.1, 0.15) is 5.69 Å². The average molecular weight is 234 g/mol. The van der Waals surface area contributed by atoms with Crippen molar-refractivity contribution >= 4 is 11.4 Å². The number of nitro groups is 1. The van der Waals surface area contributed by atoms with Gasteiger partial charge in [-0.25, -0.2) is 0 Å². The molecule has 88 valence electrons. The van der Waals surface area contributed by atoms with E-state index in [1.165, 1.54) is 12.1 Å². The molecule has 0 amide bonds. The Morgan fingerprint density at radius 3 is 2.94 bits per heavy atom. The van der Waals surface area contributed by atoms with Gasteiger partial charge in [-0.1, -0.05) is 0 Å². The van der Waals surface area contributed by atoms with Crippen LogP contribution in [0.4, 0.5) is 11.4 Å². The van der Waals surface area contributed by atoms with Crippen molar-refractivity contribution in [2.75, 3.05) is 5.32 Å². The zero-order valence-corrected chi connectivity index (χ0v) is 8.75. The molecular formula is C10H10N4O3. The van der Waals surface area contributed by atoms with Crippen molar-refractivity contribution in [3.8, 4) is 5.75 Å². The molecule has 0 fully saturated rings. The first-order valence-electron chi connectivity index (χ1n) is 4.86. The molecule has 1 aromatic carbocycles. The third-order valence-corrected chi connectivity index (χ3v) is 2.21. The van der Waals surface area contributed by atoms with Crippen LogP contribution in [-0.2, 0) is 6.54 Å². The van der Waals surface area contributed by atoms with Gasteiger partial charge >= 0.3 is 0 Å². The second-order valence-electron chi connectivity index (χ2n) is 3.39. The minimum atomic E-state index is -0.547. The number of hydrogen-bond donors (Lipinski definition) is 3. The fourth-order valence-electron chi connectivity index (χ4n) is 1.39. The van der Waals surface area contributed by atoms with Crippen molar-refractivity contribution in [1.29, 1.82) is 0 Å². The summed E-state index contributed by atoms with van der Waals surface area (Å²) in [5.74, 6) is -0.135. The summed E-state index contributed by atoms with van der Waals surface area (Å²) in [5, 5.41) is 29.4. The average Bonchev–Trinajstić information content (AvgIpc) is 2.80. The minimum absolute atomic E-state index is 0.135. The number of H-pyrrole nitrogens is 1. The summed E-state index contributed by atoms with van der Waals surface area (Å²) in [6.07, 6.45) is 1.60. The highest BCUT2D eigenvalue weighted by Gasteiger charge is 2.14. The summed E-state index contributed by atoms with van der Waals surface area (Å²) >= 11 is 0. The number of aromatic hydroxyl groups is 1. The van der Waals surface area contributed by atoms with Crippen LogP contribution in [0.25, 0.3) is 0 Å². The number of aromatic amines is 1. The van der Waals surface area contributed by atoms with Crippen molar-refractivity contribution in [3.05, 3.63) is 46.3 Å². The molecule has 0 atom stereocenters. The monoisotopic (exact) mass is 234 g/mol. The van der Waals surface area contributed by atoms with E-state index in [1.54, 1.807) is 12.3 Å². The standard InChI is InChI=1S/C10H10N4O3/c15-8-1-2-9(10(5-8)14(16)17)11-6-7-3-4-12-13-7/h1-5,11,15H,6H2,(H,12,13). The molecule has 1 heterocycles. The predicted octanol–water partition coefficient (Wildman–Crippen LogP) is 1.64. The van der Waals surface area contributed by atoms with Crippen LogP contribution < -0.4 is 5.32 Å². The maximum Gasteiger partial charge on any atom is 0.296 e. The SMILES string of the molecule is O=[N+]([O-])c1cc(O)ccc1NCc1ccn[nH]1. The highest BCUT2D eigenvalue weighted by atomic mass is 16.6. The summed E-state index contributed by atoms with van der Waals surface area (Å²) < 4.78 is 0. The number of rotatable bonds is 4. The van der Waals surface area contributed by atoms with E-state index in [4.69, 9.17) is 0 Å². The first kappa shape index (κ1) is 10.9. The smallest absolute Gasteiger partial charge is 0.296 e. The zero-order valence-electron chi connectivity index (χ0n) is 8.75. The van der Waals surface area contributed by atoms with Crippen molar-refractivity contribution in [2.24, 2.45) is 0 Å². The Hall–Kier alpha value is -2.57. The zero-order chi connectivity index (χ0) is 12.3. The van der Waals surface area contributed by atoms with E-state index < -0.39 is 4.92 Å². The Morgan fingerprint density at radius 2 is 2.29 bits per heavy atom. The molecule has 7 nitrogen and oxygen atoms in total. The summed E-state index contributed by atoms with van der Waals surface area (Å²) in [6, 6.07) is 5.72. The van der Waals surface area contributed by atoms with Crippen LogP contribution in [0.2, 0.25) is 0 Å². The van der Waals surface area contributed by atoms with Crippen molar-refractivity contribution < 1.29 is 10.0 Å². The number of anilines is 1. The highest BCUT2D eigenvalue weighted by Crippen LogP contribution is 2.28. The lowest BCUT2D eigenvalue weighted by Gasteiger charge is -2.05. The van der Waals surface area contributed by atoms with Gasteiger partial charge in [-0.3, -0.25) is 15.2 Å². The number of nitrogens with zero attached hydrogens (tertiary/aromatic N) is 2. The van der Waals surface area contributed by atoms with Gasteiger partial charge in [0.25, 0.3) is 5.69 Å². The van der Waals surface area contributed by atoms with E-state index >= 15 is 0 Å². The molecule has 0 unspecified atom stereocenters. The van der Waals surface area contributed by atoms with Gasteiger partial charge in [0, 0.05) is 6.20 Å². The summed E-state index contributed by atoms with van der Waals surface area (Å²) in [6.45, 7) is 0.394. The van der Waals surface area contributed by atoms with Gasteiger partial charge in [-0.05, 0) is 18.2 Å². The topological polar surface area (TPSA) is 104 Å². The predicted molar refractivity (Wildman–Crippen MR) is 60.7 cm³/mol. The lowest BCUT2D eigenvalue weighted by atomic mass is 10.2. The Bertz CT molecular complexity index is 524. The van der Waals surface area contributed by atoms with Gasteiger partial charge < -0.3 is 10.4 Å². The van der Waals surface area contributed by atoms with Crippen LogP contribution in [-0.4, -0.2) is 20.2 Å². The molecule has 0 aliphatic heterocycles. The second kappa shape index (κ2) is 4.52. The molecule has 0 radical (unpaired) electrons. The molecule has 0 spiro atoms. The van der Waals surface area contributed by atoms with Crippen LogP contribution in [0.15, 0.2) is 30.5 Å². The highest BCUT2D eigenvalue weighted by molar-refractivity contribution is 5.63. The molecular weight excluding hydrogens is 224 g/mol. The molecule has 0 saturated heterocycles. The fourth-order valence-corrected chi connectivity index (χ4v) is 1.39. The van der Waals surface area contributed by atoms with E-state index in [2.05, 4.69) is 15.5 Å². The van der Waals surface area contributed by atoms with Gasteiger partial charge in [0.1, 0.15) is 11.4 Å². The fraction of sp³-hybridized carbons (Fsp3) is 0.100. The first-order chi connectivity index (χ1) is 8.16. The molecule has 1 aromatic heterocycles. The van der Waals surface area contributed by atoms with Gasteiger partial charge in [0.2, 0.25) is 0 Å². The van der Waals surface area contributed by atoms with Gasteiger partial charge in [-0.15, -0.1) is 0 Å². The molecule has 2 aromatic rings. The van der Waals surface area contributed by atoms with Gasteiger partial charge in [-0.2, -0.15) is 5.10 Å². The van der Waals surface area contributed by atoms with Crippen molar-refractivity contribution in [2.45, 2.75) is 6.54 Å². The Morgan fingerprint density at radius 1 is 1.47 bits per heavy atom. The molecule has 7 heteroatoms. The van der Waals surface area contributed by atoms with Crippen LogP contribution in [0.3, 0.4) is 0 Å². The van der Waals surface area contributed by atoms with Crippen molar-refractivity contribution in [3.63, 3.8) is 0 Å². The molecule has 0 aliphatic rings. The molecule has 2 rings (SSSR count). The number of benzene rings is 1. The van der Waals surface area contributed by atoms with Gasteiger partial charge in [0.15, 0.2) is 0 Å². The van der Waals surface area contributed by atoms with E-state index in [0.717, 1.165) is 11.8 Å². The van der Waals surface area contributed by atoms with E-state index in [1.807, 2.05) is 0 Å². The quantitative estimate of drug-likeness (QED) is 0.423.